The Morgan fingerprint density at radius 2 is 1.76 bits per heavy atom. The summed E-state index contributed by atoms with van der Waals surface area (Å²) in [5, 5.41) is 0.557. The number of ether oxygens (including phenoxy) is 1. The number of benzene rings is 1. The molecule has 0 N–H and O–H groups in total. The minimum atomic E-state index is -0.245. The van der Waals surface area contributed by atoms with Crippen LogP contribution < -0.4 is 0 Å². The largest absolute Gasteiger partial charge is 0.454 e. The van der Waals surface area contributed by atoms with Crippen molar-refractivity contribution in [2.45, 2.75) is 97.3 Å². The molecule has 4 unspecified atom stereocenters. The molecule has 3 saturated carbocycles. The molecule has 0 heterocycles. The van der Waals surface area contributed by atoms with Gasteiger partial charge in [-0.1, -0.05) is 74.8 Å². The van der Waals surface area contributed by atoms with E-state index in [4.69, 9.17) is 17.4 Å². The van der Waals surface area contributed by atoms with E-state index in [1.165, 1.54) is 56.9 Å². The highest BCUT2D eigenvalue weighted by molar-refractivity contribution is 7.80. The summed E-state index contributed by atoms with van der Waals surface area (Å²) in [6, 6.07) is 9.32. The lowest BCUT2D eigenvalue weighted by Crippen LogP contribution is -2.49. The SMILES string of the molecule is CC(/C=C/[C@H](OC(=O)c1ccccc1)C(C)C)=C1/CCC2C3CC=C4CC(S)CC[C@]4(C)C3CC[C@]12C. The second-order valence-corrected chi connectivity index (χ2v) is 13.9. The van der Waals surface area contributed by atoms with Crippen LogP contribution in [0, 0.1) is 34.5 Å². The first-order valence-corrected chi connectivity index (χ1v) is 15.2. The van der Waals surface area contributed by atoms with E-state index in [0.717, 1.165) is 17.8 Å². The summed E-state index contributed by atoms with van der Waals surface area (Å²) in [5.74, 6) is 2.41. The zero-order chi connectivity index (χ0) is 26.4. The normalized spacial score (nSPS) is 37.4. The van der Waals surface area contributed by atoms with Crippen molar-refractivity contribution in [1.29, 1.82) is 0 Å². The van der Waals surface area contributed by atoms with Crippen LogP contribution >= 0.6 is 12.6 Å². The highest BCUT2D eigenvalue weighted by Gasteiger charge is 2.57. The van der Waals surface area contributed by atoms with Crippen molar-refractivity contribution >= 4 is 18.6 Å². The number of carbonyl (C=O) groups excluding carboxylic acids is 1. The molecule has 1 aromatic carbocycles. The van der Waals surface area contributed by atoms with Gasteiger partial charge in [0.15, 0.2) is 0 Å². The maximum atomic E-state index is 12.7. The van der Waals surface area contributed by atoms with Crippen molar-refractivity contribution in [3.8, 4) is 0 Å². The number of esters is 1. The number of hydrogen-bond donors (Lipinski definition) is 1. The molecule has 0 saturated heterocycles. The van der Waals surface area contributed by atoms with Gasteiger partial charge in [-0.2, -0.15) is 12.6 Å². The van der Waals surface area contributed by atoms with E-state index in [1.807, 2.05) is 30.3 Å². The van der Waals surface area contributed by atoms with Gasteiger partial charge in [0.1, 0.15) is 6.10 Å². The van der Waals surface area contributed by atoms with Crippen LogP contribution in [-0.4, -0.2) is 17.3 Å². The average molecular weight is 519 g/mol. The number of hydrogen-bond acceptors (Lipinski definition) is 3. The van der Waals surface area contributed by atoms with E-state index in [0.29, 0.717) is 21.6 Å². The van der Waals surface area contributed by atoms with E-state index >= 15 is 0 Å². The predicted octanol–water partition coefficient (Wildman–Crippen LogP) is 9.00. The van der Waals surface area contributed by atoms with Crippen LogP contribution in [0.25, 0.3) is 0 Å². The Kier molecular flexibility index (Phi) is 7.57. The Bertz CT molecular complexity index is 1100. The Balaban J connectivity index is 1.34. The molecule has 5 rings (SSSR count). The maximum Gasteiger partial charge on any atom is 0.338 e. The first-order valence-electron chi connectivity index (χ1n) is 14.7. The van der Waals surface area contributed by atoms with Gasteiger partial charge >= 0.3 is 5.97 Å². The molecule has 7 atom stereocenters. The van der Waals surface area contributed by atoms with Crippen LogP contribution in [-0.2, 0) is 4.74 Å². The smallest absolute Gasteiger partial charge is 0.338 e. The lowest BCUT2D eigenvalue weighted by Gasteiger charge is -2.57. The summed E-state index contributed by atoms with van der Waals surface area (Å²) in [6.45, 7) is 11.7. The number of rotatable bonds is 5. The quantitative estimate of drug-likeness (QED) is 0.239. The molecular formula is C34H46O2S. The van der Waals surface area contributed by atoms with Crippen LogP contribution in [0.3, 0.4) is 0 Å². The van der Waals surface area contributed by atoms with Gasteiger partial charge in [0.2, 0.25) is 0 Å². The second kappa shape index (κ2) is 10.4. The molecule has 0 bridgehead atoms. The van der Waals surface area contributed by atoms with Gasteiger partial charge in [0, 0.05) is 5.25 Å². The standard InChI is InChI=1S/C34H46O2S/c1-22(2)31(36-32(35)24-9-7-6-8-10-24)16-11-23(3)28-14-15-29-27-13-12-25-21-26(37)17-19-33(25,4)30(27)18-20-34(28,29)5/h6-12,16,22,26-27,29-31,37H,13-15,17-21H2,1-5H3/b16-11+,28-23+/t26?,27?,29?,30?,31-,33-,34+/m0/s1. The maximum absolute atomic E-state index is 12.7. The van der Waals surface area contributed by atoms with Crippen LogP contribution in [0.5, 0.6) is 0 Å². The average Bonchev–Trinajstić information content (AvgIpc) is 3.24. The topological polar surface area (TPSA) is 26.3 Å². The van der Waals surface area contributed by atoms with Crippen LogP contribution in [0.15, 0.2) is 65.3 Å². The van der Waals surface area contributed by atoms with Gasteiger partial charge in [-0.3, -0.25) is 0 Å². The first-order chi connectivity index (χ1) is 17.6. The molecule has 4 aliphatic rings. The summed E-state index contributed by atoms with van der Waals surface area (Å²) in [7, 11) is 0. The van der Waals surface area contributed by atoms with E-state index in [9.17, 15) is 4.79 Å². The molecular weight excluding hydrogens is 472 g/mol. The molecule has 0 amide bonds. The number of carbonyl (C=O) groups is 1. The van der Waals surface area contributed by atoms with Crippen molar-refractivity contribution < 1.29 is 9.53 Å². The third-order valence-electron chi connectivity index (χ3n) is 10.8. The van der Waals surface area contributed by atoms with Gasteiger partial charge in [-0.25, -0.2) is 4.79 Å². The van der Waals surface area contributed by atoms with E-state index in [2.05, 4.69) is 52.8 Å². The van der Waals surface area contributed by atoms with Crippen molar-refractivity contribution in [2.24, 2.45) is 34.5 Å². The predicted molar refractivity (Wildman–Crippen MR) is 157 cm³/mol. The summed E-state index contributed by atoms with van der Waals surface area (Å²) in [6.07, 6.45) is 17.0. The molecule has 3 fully saturated rings. The summed E-state index contributed by atoms with van der Waals surface area (Å²) >= 11 is 4.84. The molecule has 0 radical (unpaired) electrons. The number of fused-ring (bicyclic) bond motifs is 5. The monoisotopic (exact) mass is 518 g/mol. The van der Waals surface area contributed by atoms with Crippen LogP contribution in [0.2, 0.25) is 0 Å². The second-order valence-electron chi connectivity index (χ2n) is 13.2. The van der Waals surface area contributed by atoms with Gasteiger partial charge < -0.3 is 4.74 Å². The fourth-order valence-corrected chi connectivity index (χ4v) is 8.93. The van der Waals surface area contributed by atoms with Crippen LogP contribution in [0.4, 0.5) is 0 Å². The highest BCUT2D eigenvalue weighted by atomic mass is 32.1. The molecule has 200 valence electrons. The van der Waals surface area contributed by atoms with Gasteiger partial charge in [0.05, 0.1) is 5.56 Å². The van der Waals surface area contributed by atoms with E-state index < -0.39 is 0 Å². The minimum absolute atomic E-state index is 0.223. The molecule has 4 aliphatic carbocycles. The van der Waals surface area contributed by atoms with Crippen molar-refractivity contribution in [3.05, 3.63) is 70.8 Å². The van der Waals surface area contributed by atoms with E-state index in [1.54, 1.807) is 11.1 Å². The molecule has 1 aromatic rings. The van der Waals surface area contributed by atoms with Crippen molar-refractivity contribution in [2.75, 3.05) is 0 Å². The Morgan fingerprint density at radius 1 is 1.05 bits per heavy atom. The fraction of sp³-hybridized carbons (Fsp3) is 0.618. The first kappa shape index (κ1) is 26.9. The zero-order valence-electron chi connectivity index (χ0n) is 23.5. The van der Waals surface area contributed by atoms with Gasteiger partial charge in [-0.05, 0) is 111 Å². The molecule has 3 heteroatoms. The molecule has 37 heavy (non-hydrogen) atoms. The number of thiol groups is 1. The summed E-state index contributed by atoms with van der Waals surface area (Å²) < 4.78 is 5.92. The molecule has 0 aliphatic heterocycles. The third kappa shape index (κ3) is 4.90. The van der Waals surface area contributed by atoms with Gasteiger partial charge in [-0.15, -0.1) is 0 Å². The Labute approximate surface area is 230 Å². The van der Waals surface area contributed by atoms with Crippen LogP contribution in [0.1, 0.15) is 96.3 Å². The molecule has 0 aromatic heterocycles. The molecule has 2 nitrogen and oxygen atoms in total. The van der Waals surface area contributed by atoms with Crippen molar-refractivity contribution in [1.82, 2.24) is 0 Å². The lowest BCUT2D eigenvalue weighted by molar-refractivity contribution is -0.0132. The minimum Gasteiger partial charge on any atom is -0.454 e. The summed E-state index contributed by atoms with van der Waals surface area (Å²) in [5.41, 5.74) is 6.08. The van der Waals surface area contributed by atoms with Gasteiger partial charge in [0.25, 0.3) is 0 Å². The highest BCUT2D eigenvalue weighted by Crippen LogP contribution is 2.66. The Hall–Kier alpha value is -1.74. The van der Waals surface area contributed by atoms with E-state index in [-0.39, 0.29) is 18.0 Å². The Morgan fingerprint density at radius 3 is 2.49 bits per heavy atom. The van der Waals surface area contributed by atoms with Crippen molar-refractivity contribution in [3.63, 3.8) is 0 Å². The third-order valence-corrected chi connectivity index (χ3v) is 11.2. The molecule has 0 spiro atoms. The lowest BCUT2D eigenvalue weighted by atomic mass is 9.48. The number of allylic oxidation sites excluding steroid dienone is 5. The zero-order valence-corrected chi connectivity index (χ0v) is 24.4. The summed E-state index contributed by atoms with van der Waals surface area (Å²) in [4.78, 5) is 12.7. The fourth-order valence-electron chi connectivity index (χ4n) is 8.61.